The summed E-state index contributed by atoms with van der Waals surface area (Å²) in [6.45, 7) is 5.43. The van der Waals surface area contributed by atoms with E-state index in [2.05, 4.69) is 0 Å². The Morgan fingerprint density at radius 3 is 2.62 bits per heavy atom. The van der Waals surface area contributed by atoms with Crippen LogP contribution in [0.3, 0.4) is 0 Å². The van der Waals surface area contributed by atoms with Gasteiger partial charge in [-0.1, -0.05) is 0 Å². The molecule has 0 saturated heterocycles. The molecule has 0 aliphatic carbocycles. The summed E-state index contributed by atoms with van der Waals surface area (Å²) in [4.78, 5) is 11.5. The Labute approximate surface area is 98.9 Å². The van der Waals surface area contributed by atoms with Crippen LogP contribution in [0.5, 0.6) is 0 Å². The molecule has 1 rings (SSSR count). The van der Waals surface area contributed by atoms with Gasteiger partial charge in [0.05, 0.1) is 6.42 Å². The highest BCUT2D eigenvalue weighted by molar-refractivity contribution is 8.00. The first-order valence-electron chi connectivity index (χ1n) is 4.97. The van der Waals surface area contributed by atoms with E-state index in [1.165, 1.54) is 17.8 Å². The van der Waals surface area contributed by atoms with Crippen molar-refractivity contribution in [1.29, 1.82) is 0 Å². The van der Waals surface area contributed by atoms with Crippen LogP contribution in [0.2, 0.25) is 0 Å². The number of carboxylic acids is 1. The van der Waals surface area contributed by atoms with Crippen molar-refractivity contribution in [3.05, 3.63) is 29.6 Å². The van der Waals surface area contributed by atoms with E-state index in [0.29, 0.717) is 5.56 Å². The van der Waals surface area contributed by atoms with Crippen molar-refractivity contribution in [2.75, 3.05) is 0 Å². The predicted molar refractivity (Wildman–Crippen MR) is 63.3 cm³/mol. The van der Waals surface area contributed by atoms with E-state index >= 15 is 0 Å². The van der Waals surface area contributed by atoms with Crippen molar-refractivity contribution in [2.45, 2.75) is 36.8 Å². The third kappa shape index (κ3) is 3.85. The van der Waals surface area contributed by atoms with Crippen LogP contribution in [0, 0.1) is 12.7 Å². The van der Waals surface area contributed by atoms with Gasteiger partial charge in [-0.3, -0.25) is 4.79 Å². The Morgan fingerprint density at radius 1 is 1.50 bits per heavy atom. The second-order valence-corrected chi connectivity index (χ2v) is 6.12. The zero-order chi connectivity index (χ0) is 12.3. The molecule has 0 atom stereocenters. The summed E-state index contributed by atoms with van der Waals surface area (Å²) in [6, 6.07) is 4.83. The fourth-order valence-corrected chi connectivity index (χ4v) is 2.61. The Hall–Kier alpha value is -1.03. The van der Waals surface area contributed by atoms with Gasteiger partial charge >= 0.3 is 5.97 Å². The first-order valence-corrected chi connectivity index (χ1v) is 5.79. The Balaban J connectivity index is 2.79. The lowest BCUT2D eigenvalue weighted by atomic mass is 10.1. The van der Waals surface area contributed by atoms with Crippen LogP contribution in [0.4, 0.5) is 4.39 Å². The van der Waals surface area contributed by atoms with E-state index in [1.54, 1.807) is 19.1 Å². The highest BCUT2D eigenvalue weighted by Gasteiger charge is 2.23. The molecule has 0 saturated carbocycles. The molecule has 0 aliphatic heterocycles. The van der Waals surface area contributed by atoms with Crippen molar-refractivity contribution in [3.8, 4) is 0 Å². The van der Waals surface area contributed by atoms with Gasteiger partial charge in [0, 0.05) is 9.64 Å². The molecule has 0 bridgehead atoms. The molecule has 88 valence electrons. The summed E-state index contributed by atoms with van der Waals surface area (Å²) < 4.78 is 12.6. The van der Waals surface area contributed by atoms with Crippen LogP contribution < -0.4 is 0 Å². The summed E-state index contributed by atoms with van der Waals surface area (Å²) in [5, 5.41) is 8.75. The highest BCUT2D eigenvalue weighted by atomic mass is 32.2. The van der Waals surface area contributed by atoms with Gasteiger partial charge in [0.1, 0.15) is 5.82 Å². The second-order valence-electron chi connectivity index (χ2n) is 4.34. The number of hydrogen-bond donors (Lipinski definition) is 1. The normalized spacial score (nSPS) is 11.5. The van der Waals surface area contributed by atoms with Crippen molar-refractivity contribution in [1.82, 2.24) is 0 Å². The number of halogens is 1. The number of benzene rings is 1. The Kier molecular flexibility index (Phi) is 3.97. The van der Waals surface area contributed by atoms with Gasteiger partial charge < -0.3 is 5.11 Å². The molecule has 0 spiro atoms. The smallest absolute Gasteiger partial charge is 0.304 e. The summed E-state index contributed by atoms with van der Waals surface area (Å²) in [6.07, 6.45) is 0.0775. The van der Waals surface area contributed by atoms with E-state index in [4.69, 9.17) is 5.11 Å². The van der Waals surface area contributed by atoms with Crippen molar-refractivity contribution in [2.24, 2.45) is 0 Å². The number of rotatable bonds is 4. The molecule has 4 heteroatoms. The zero-order valence-electron chi connectivity index (χ0n) is 9.58. The lowest BCUT2D eigenvalue weighted by Gasteiger charge is -2.21. The molecule has 0 aromatic heterocycles. The fraction of sp³-hybridized carbons (Fsp3) is 0.417. The molecule has 2 nitrogen and oxygen atoms in total. The molecule has 16 heavy (non-hydrogen) atoms. The number of hydrogen-bond acceptors (Lipinski definition) is 2. The first-order chi connectivity index (χ1) is 7.30. The third-order valence-electron chi connectivity index (χ3n) is 2.10. The molecule has 0 unspecified atom stereocenters. The molecule has 0 radical (unpaired) electrons. The molecular formula is C12H15FO2S. The van der Waals surface area contributed by atoms with Crippen molar-refractivity contribution < 1.29 is 14.3 Å². The van der Waals surface area contributed by atoms with E-state index < -0.39 is 10.7 Å². The number of thioether (sulfide) groups is 1. The molecule has 1 aromatic rings. The lowest BCUT2D eigenvalue weighted by molar-refractivity contribution is -0.137. The first kappa shape index (κ1) is 13.0. The van der Waals surface area contributed by atoms with Crippen LogP contribution >= 0.6 is 11.8 Å². The zero-order valence-corrected chi connectivity index (χ0v) is 10.4. The minimum atomic E-state index is -0.823. The van der Waals surface area contributed by atoms with Crippen LogP contribution in [0.15, 0.2) is 23.1 Å². The van der Waals surface area contributed by atoms with E-state index in [1.807, 2.05) is 13.8 Å². The lowest BCUT2D eigenvalue weighted by Crippen LogP contribution is -2.19. The number of aryl methyl sites for hydroxylation is 1. The average molecular weight is 242 g/mol. The van der Waals surface area contributed by atoms with Gasteiger partial charge in [-0.2, -0.15) is 0 Å². The fourth-order valence-electron chi connectivity index (χ4n) is 1.40. The Morgan fingerprint density at radius 2 is 2.12 bits per heavy atom. The van der Waals surface area contributed by atoms with Gasteiger partial charge in [-0.15, -0.1) is 11.8 Å². The maximum atomic E-state index is 13.0. The van der Waals surface area contributed by atoms with E-state index in [9.17, 15) is 9.18 Å². The number of carbonyl (C=O) groups is 1. The van der Waals surface area contributed by atoms with Crippen LogP contribution in [-0.4, -0.2) is 15.8 Å². The molecule has 0 aliphatic rings. The molecule has 1 N–H and O–H groups in total. The van der Waals surface area contributed by atoms with Crippen LogP contribution in [0.25, 0.3) is 0 Å². The second kappa shape index (κ2) is 4.87. The molecule has 0 heterocycles. The summed E-state index contributed by atoms with van der Waals surface area (Å²) >= 11 is 1.45. The summed E-state index contributed by atoms with van der Waals surface area (Å²) in [7, 11) is 0. The minimum Gasteiger partial charge on any atom is -0.481 e. The third-order valence-corrected chi connectivity index (χ3v) is 3.29. The SMILES string of the molecule is Cc1cc(SC(C)(C)CC(=O)O)ccc1F. The van der Waals surface area contributed by atoms with Crippen molar-refractivity contribution >= 4 is 17.7 Å². The van der Waals surface area contributed by atoms with Gasteiger partial charge in [0.25, 0.3) is 0 Å². The number of carboxylic acid groups (broad SMARTS) is 1. The summed E-state index contributed by atoms with van der Waals surface area (Å²) in [5.74, 6) is -1.06. The minimum absolute atomic E-state index is 0.0775. The van der Waals surface area contributed by atoms with Gasteiger partial charge in [0.15, 0.2) is 0 Å². The summed E-state index contributed by atoms with van der Waals surface area (Å²) in [5.41, 5.74) is 0.580. The Bertz CT molecular complexity index is 402. The van der Waals surface area contributed by atoms with E-state index in [0.717, 1.165) is 4.90 Å². The van der Waals surface area contributed by atoms with Crippen molar-refractivity contribution in [3.63, 3.8) is 0 Å². The largest absolute Gasteiger partial charge is 0.481 e. The average Bonchev–Trinajstić information content (AvgIpc) is 2.08. The molecule has 0 fully saturated rings. The number of aliphatic carboxylic acids is 1. The molecule has 1 aromatic carbocycles. The van der Waals surface area contributed by atoms with E-state index in [-0.39, 0.29) is 12.2 Å². The van der Waals surface area contributed by atoms with Gasteiger partial charge in [-0.05, 0) is 44.5 Å². The predicted octanol–water partition coefficient (Wildman–Crippen LogP) is 3.48. The highest BCUT2D eigenvalue weighted by Crippen LogP contribution is 2.35. The monoisotopic (exact) mass is 242 g/mol. The van der Waals surface area contributed by atoms with Crippen LogP contribution in [-0.2, 0) is 4.79 Å². The van der Waals surface area contributed by atoms with Gasteiger partial charge in [0.2, 0.25) is 0 Å². The standard InChI is InChI=1S/C12H15FO2S/c1-8-6-9(4-5-10(8)13)16-12(2,3)7-11(14)15/h4-6H,7H2,1-3H3,(H,14,15). The topological polar surface area (TPSA) is 37.3 Å². The van der Waals surface area contributed by atoms with Gasteiger partial charge in [-0.25, -0.2) is 4.39 Å². The maximum Gasteiger partial charge on any atom is 0.304 e. The molecular weight excluding hydrogens is 227 g/mol. The maximum absolute atomic E-state index is 13.0. The molecule has 0 amide bonds. The van der Waals surface area contributed by atoms with Crippen LogP contribution in [0.1, 0.15) is 25.8 Å². The quantitative estimate of drug-likeness (QED) is 0.821.